The van der Waals surface area contributed by atoms with Crippen LogP contribution in [0.25, 0.3) is 16.7 Å². The molecule has 0 saturated heterocycles. The Balaban J connectivity index is 1.42. The first-order valence-electron chi connectivity index (χ1n) is 12.7. The largest absolute Gasteiger partial charge is 0.395 e. The molecule has 8 nitrogen and oxygen atoms in total. The van der Waals surface area contributed by atoms with Crippen LogP contribution in [0.2, 0.25) is 0 Å². The zero-order valence-corrected chi connectivity index (χ0v) is 21.0. The number of fused-ring (bicyclic) bond motifs is 3. The molecule has 1 aliphatic heterocycles. The van der Waals surface area contributed by atoms with Crippen molar-refractivity contribution in [1.82, 2.24) is 24.6 Å². The Morgan fingerprint density at radius 1 is 1.19 bits per heavy atom. The Hall–Kier alpha value is -3.49. The van der Waals surface area contributed by atoms with E-state index in [1.54, 1.807) is 10.9 Å². The van der Waals surface area contributed by atoms with Gasteiger partial charge < -0.3 is 15.7 Å². The highest BCUT2D eigenvalue weighted by atomic mass is 16.3. The summed E-state index contributed by atoms with van der Waals surface area (Å²) >= 11 is 0. The molecule has 0 unspecified atom stereocenters. The van der Waals surface area contributed by atoms with Crippen molar-refractivity contribution in [2.45, 2.75) is 57.5 Å². The first-order valence-corrected chi connectivity index (χ1v) is 12.7. The maximum Gasteiger partial charge on any atom is 0.276 e. The van der Waals surface area contributed by atoms with Crippen molar-refractivity contribution in [1.29, 1.82) is 0 Å². The number of pyridine rings is 2. The molecule has 1 aromatic carbocycles. The van der Waals surface area contributed by atoms with Crippen molar-refractivity contribution in [2.75, 3.05) is 18.5 Å². The molecule has 4 aromatic rings. The van der Waals surface area contributed by atoms with Gasteiger partial charge in [-0.15, -0.1) is 0 Å². The molecule has 8 heteroatoms. The maximum absolute atomic E-state index is 13.2. The van der Waals surface area contributed by atoms with Crippen LogP contribution in [-0.2, 0) is 23.9 Å². The summed E-state index contributed by atoms with van der Waals surface area (Å²) in [5.74, 6) is 1.31. The van der Waals surface area contributed by atoms with Gasteiger partial charge in [-0.1, -0.05) is 26.0 Å². The summed E-state index contributed by atoms with van der Waals surface area (Å²) in [7, 11) is 0. The van der Waals surface area contributed by atoms with E-state index < -0.39 is 5.41 Å². The topological polar surface area (TPSA) is 97.0 Å². The molecule has 1 aliphatic carbocycles. The van der Waals surface area contributed by atoms with Crippen molar-refractivity contribution in [2.24, 2.45) is 0 Å². The van der Waals surface area contributed by atoms with Gasteiger partial charge in [-0.3, -0.25) is 4.79 Å². The molecule has 0 radical (unpaired) electrons. The molecule has 0 atom stereocenters. The predicted octanol–water partition coefficient (Wildman–Crippen LogP) is 3.75. The van der Waals surface area contributed by atoms with Gasteiger partial charge in [0.2, 0.25) is 0 Å². The number of hydrogen-bond acceptors (Lipinski definition) is 6. The average Bonchev–Trinajstić information content (AvgIpc) is 3.60. The van der Waals surface area contributed by atoms with E-state index in [-0.39, 0.29) is 17.7 Å². The molecule has 3 N–H and O–H groups in total. The molecule has 1 fully saturated rings. The normalized spacial score (nSPS) is 16.3. The molecular weight excluding hydrogens is 452 g/mol. The maximum atomic E-state index is 13.2. The zero-order valence-electron chi connectivity index (χ0n) is 21.0. The molecule has 1 saturated carbocycles. The Labute approximate surface area is 210 Å². The fraction of sp³-hybridized carbons (Fsp3) is 0.393. The lowest BCUT2D eigenvalue weighted by molar-refractivity contribution is 0.215. The van der Waals surface area contributed by atoms with Gasteiger partial charge >= 0.3 is 0 Å². The monoisotopic (exact) mass is 484 g/mol. The Morgan fingerprint density at radius 2 is 2.03 bits per heavy atom. The van der Waals surface area contributed by atoms with Crippen LogP contribution < -0.4 is 16.2 Å². The second kappa shape index (κ2) is 8.28. The molecule has 6 rings (SSSR count). The number of anilines is 2. The fourth-order valence-corrected chi connectivity index (χ4v) is 5.34. The number of aliphatic hydroxyl groups excluding tert-OH is 1. The predicted molar refractivity (Wildman–Crippen MR) is 141 cm³/mol. The summed E-state index contributed by atoms with van der Waals surface area (Å²) in [6.45, 7) is 7.32. The Morgan fingerprint density at radius 3 is 2.78 bits per heavy atom. The summed E-state index contributed by atoms with van der Waals surface area (Å²) in [6.07, 6.45) is 5.08. The van der Waals surface area contributed by atoms with Gasteiger partial charge in [-0.25, -0.2) is 19.3 Å². The number of hydrogen-bond donors (Lipinski definition) is 3. The van der Waals surface area contributed by atoms with Crippen LogP contribution >= 0.6 is 0 Å². The van der Waals surface area contributed by atoms with E-state index in [1.165, 1.54) is 24.0 Å². The third-order valence-electron chi connectivity index (χ3n) is 7.66. The third-order valence-corrected chi connectivity index (χ3v) is 7.66. The summed E-state index contributed by atoms with van der Waals surface area (Å²) in [6, 6.07) is 14.2. The minimum atomic E-state index is -0.494. The molecule has 0 bridgehead atoms. The fourth-order valence-electron chi connectivity index (χ4n) is 5.34. The molecule has 4 heterocycles. The molecule has 0 amide bonds. The summed E-state index contributed by atoms with van der Waals surface area (Å²) in [5, 5.41) is 17.5. The van der Waals surface area contributed by atoms with E-state index in [0.717, 1.165) is 29.9 Å². The van der Waals surface area contributed by atoms with Gasteiger partial charge in [0.15, 0.2) is 5.82 Å². The average molecular weight is 485 g/mol. The second-order valence-corrected chi connectivity index (χ2v) is 10.6. The minimum Gasteiger partial charge on any atom is -0.395 e. The van der Waals surface area contributed by atoms with Gasteiger partial charge in [0, 0.05) is 42.0 Å². The van der Waals surface area contributed by atoms with E-state index in [4.69, 9.17) is 4.98 Å². The van der Waals surface area contributed by atoms with Gasteiger partial charge in [0.05, 0.1) is 23.2 Å². The first kappa shape index (κ1) is 22.9. The lowest BCUT2D eigenvalue weighted by atomic mass is 9.90. The lowest BCUT2D eigenvalue weighted by Crippen LogP contribution is -2.36. The summed E-state index contributed by atoms with van der Waals surface area (Å²) in [5.41, 5.74) is 4.92. The van der Waals surface area contributed by atoms with Gasteiger partial charge in [-0.05, 0) is 61.6 Å². The van der Waals surface area contributed by atoms with Crippen LogP contribution in [-0.4, -0.2) is 37.6 Å². The van der Waals surface area contributed by atoms with Crippen LogP contribution in [0.1, 0.15) is 50.4 Å². The third kappa shape index (κ3) is 3.63. The van der Waals surface area contributed by atoms with Crippen molar-refractivity contribution in [3.05, 3.63) is 75.8 Å². The number of nitrogens with one attached hydrogen (secondary N) is 2. The van der Waals surface area contributed by atoms with Gasteiger partial charge in [-0.2, -0.15) is 0 Å². The van der Waals surface area contributed by atoms with Gasteiger partial charge in [0.1, 0.15) is 5.82 Å². The van der Waals surface area contributed by atoms with E-state index >= 15 is 0 Å². The highest BCUT2D eigenvalue weighted by Crippen LogP contribution is 2.49. The van der Waals surface area contributed by atoms with Crippen LogP contribution in [0.5, 0.6) is 0 Å². The Kier molecular flexibility index (Phi) is 5.28. The smallest absolute Gasteiger partial charge is 0.276 e. The highest BCUT2D eigenvalue weighted by molar-refractivity contribution is 5.82. The van der Waals surface area contributed by atoms with Crippen molar-refractivity contribution in [3.8, 4) is 5.82 Å². The van der Waals surface area contributed by atoms with E-state index in [0.29, 0.717) is 23.6 Å². The molecule has 36 heavy (non-hydrogen) atoms. The van der Waals surface area contributed by atoms with Crippen LogP contribution in [0.4, 0.5) is 11.5 Å². The zero-order chi connectivity index (χ0) is 25.1. The van der Waals surface area contributed by atoms with Gasteiger partial charge in [0.25, 0.3) is 5.56 Å². The molecule has 3 aromatic heterocycles. The standard InChI is InChI=1S/C28H32N6O2/c1-4-33-26(36)20-16-29-24(31-19-8-9-21-18(14-19)10-13-30-28(21)11-12-28)15-22(20)34(33)25-7-5-6-23(32-25)27(2,3)17-35/h5-9,14-16,30,35H,4,10-13,17H2,1-3H3,(H,29,31). The Bertz CT molecular complexity index is 1530. The minimum absolute atomic E-state index is 0.0214. The molecular formula is C28H32N6O2. The van der Waals surface area contributed by atoms with E-state index in [2.05, 4.69) is 33.8 Å². The van der Waals surface area contributed by atoms with Crippen LogP contribution in [0, 0.1) is 0 Å². The van der Waals surface area contributed by atoms with E-state index in [9.17, 15) is 9.90 Å². The first-order chi connectivity index (χ1) is 17.3. The molecule has 2 aliphatic rings. The summed E-state index contributed by atoms with van der Waals surface area (Å²) < 4.78 is 3.53. The SMILES string of the molecule is CCn1c(=O)c2cnc(Nc3ccc4c(c3)CCNC43CC3)cc2n1-c1cccc(C(C)(C)CO)n1. The highest BCUT2D eigenvalue weighted by Gasteiger charge is 2.46. The van der Waals surface area contributed by atoms with E-state index in [1.807, 2.05) is 49.7 Å². The quantitative estimate of drug-likeness (QED) is 0.386. The lowest BCUT2D eigenvalue weighted by Gasteiger charge is -2.27. The van der Waals surface area contributed by atoms with Crippen molar-refractivity contribution >= 4 is 22.4 Å². The summed E-state index contributed by atoms with van der Waals surface area (Å²) in [4.78, 5) is 22.6. The number of benzene rings is 1. The second-order valence-electron chi connectivity index (χ2n) is 10.6. The number of aromatic nitrogens is 4. The molecule has 1 spiro atoms. The molecule has 186 valence electrons. The number of rotatable bonds is 6. The number of aliphatic hydroxyl groups is 1. The van der Waals surface area contributed by atoms with Crippen LogP contribution in [0.15, 0.2) is 53.5 Å². The van der Waals surface area contributed by atoms with Crippen LogP contribution in [0.3, 0.4) is 0 Å². The number of nitrogens with zero attached hydrogens (tertiary/aromatic N) is 4. The van der Waals surface area contributed by atoms with Crippen molar-refractivity contribution in [3.63, 3.8) is 0 Å². The van der Waals surface area contributed by atoms with Crippen molar-refractivity contribution < 1.29 is 5.11 Å².